The summed E-state index contributed by atoms with van der Waals surface area (Å²) < 4.78 is 38.1. The molecule has 0 saturated heterocycles. The van der Waals surface area contributed by atoms with Crippen molar-refractivity contribution in [2.24, 2.45) is 0 Å². The molecule has 1 aromatic heterocycles. The van der Waals surface area contributed by atoms with E-state index in [1.54, 1.807) is 18.2 Å². The van der Waals surface area contributed by atoms with E-state index in [2.05, 4.69) is 19.7 Å². The van der Waals surface area contributed by atoms with Crippen molar-refractivity contribution in [3.8, 4) is 11.5 Å². The molecule has 0 atom stereocenters. The monoisotopic (exact) mass is 416 g/mol. The molecule has 3 aromatic rings. The summed E-state index contributed by atoms with van der Waals surface area (Å²) >= 11 is 1.33. The van der Waals surface area contributed by atoms with E-state index in [1.807, 2.05) is 13.0 Å². The fourth-order valence-corrected chi connectivity index (χ4v) is 2.74. The Labute approximate surface area is 171 Å². The lowest BCUT2D eigenvalue weighted by molar-refractivity contribution is 0.102. The SMILES string of the molecule is CCNSNc1cccc(C(=O)Nc2ccc(Oc3ccc(F)cc3F)cn2)c1. The minimum Gasteiger partial charge on any atom is -0.453 e. The van der Waals surface area contributed by atoms with Crippen LogP contribution >= 0.6 is 12.1 Å². The van der Waals surface area contributed by atoms with Crippen molar-refractivity contribution >= 4 is 29.5 Å². The van der Waals surface area contributed by atoms with E-state index >= 15 is 0 Å². The van der Waals surface area contributed by atoms with Crippen LogP contribution in [0.25, 0.3) is 0 Å². The molecule has 0 aliphatic carbocycles. The molecule has 0 unspecified atom stereocenters. The Balaban J connectivity index is 1.62. The second-order valence-electron chi connectivity index (χ2n) is 5.79. The number of benzene rings is 2. The largest absolute Gasteiger partial charge is 0.453 e. The summed E-state index contributed by atoms with van der Waals surface area (Å²) in [6, 6.07) is 13.1. The van der Waals surface area contributed by atoms with Gasteiger partial charge in [0.05, 0.1) is 6.20 Å². The Morgan fingerprint density at radius 3 is 2.72 bits per heavy atom. The molecule has 1 heterocycles. The fourth-order valence-electron chi connectivity index (χ4n) is 2.28. The van der Waals surface area contributed by atoms with Crippen LogP contribution < -0.4 is 19.5 Å². The van der Waals surface area contributed by atoms with Gasteiger partial charge in [-0.2, -0.15) is 0 Å². The van der Waals surface area contributed by atoms with Gasteiger partial charge in [-0.25, -0.2) is 18.5 Å². The van der Waals surface area contributed by atoms with Crippen LogP contribution in [-0.4, -0.2) is 17.4 Å². The molecule has 0 spiro atoms. The summed E-state index contributed by atoms with van der Waals surface area (Å²) in [5, 5.41) is 2.68. The minimum atomic E-state index is -0.817. The predicted molar refractivity (Wildman–Crippen MR) is 110 cm³/mol. The zero-order chi connectivity index (χ0) is 20.6. The average Bonchev–Trinajstić information content (AvgIpc) is 2.72. The molecule has 3 N–H and O–H groups in total. The number of carbonyl (C=O) groups excluding carboxylic acids is 1. The Bertz CT molecular complexity index is 986. The molecule has 0 aliphatic heterocycles. The third-order valence-corrected chi connectivity index (χ3v) is 4.38. The Hall–Kier alpha value is -3.17. The third kappa shape index (κ3) is 5.90. The quantitative estimate of drug-likeness (QED) is 0.355. The molecule has 0 radical (unpaired) electrons. The van der Waals surface area contributed by atoms with Crippen LogP contribution in [0.3, 0.4) is 0 Å². The van der Waals surface area contributed by atoms with Gasteiger partial charge in [-0.1, -0.05) is 13.0 Å². The third-order valence-electron chi connectivity index (χ3n) is 3.61. The topological polar surface area (TPSA) is 75.3 Å². The number of carbonyl (C=O) groups is 1. The first-order valence-electron chi connectivity index (χ1n) is 8.70. The van der Waals surface area contributed by atoms with Crippen LogP contribution in [0.15, 0.2) is 60.8 Å². The highest BCUT2D eigenvalue weighted by Crippen LogP contribution is 2.25. The maximum Gasteiger partial charge on any atom is 0.256 e. The summed E-state index contributed by atoms with van der Waals surface area (Å²) in [4.78, 5) is 16.5. The van der Waals surface area contributed by atoms with Crippen molar-refractivity contribution in [3.05, 3.63) is 78.0 Å². The van der Waals surface area contributed by atoms with Crippen molar-refractivity contribution < 1.29 is 18.3 Å². The highest BCUT2D eigenvalue weighted by Gasteiger charge is 2.09. The molecule has 29 heavy (non-hydrogen) atoms. The molecule has 9 heteroatoms. The Kier molecular flexibility index (Phi) is 6.99. The minimum absolute atomic E-state index is 0.121. The van der Waals surface area contributed by atoms with Gasteiger partial charge in [0.2, 0.25) is 0 Å². The Morgan fingerprint density at radius 1 is 1.14 bits per heavy atom. The van der Waals surface area contributed by atoms with Crippen LogP contribution in [-0.2, 0) is 0 Å². The first-order valence-corrected chi connectivity index (χ1v) is 9.52. The molecular weight excluding hydrogens is 398 g/mol. The lowest BCUT2D eigenvalue weighted by Gasteiger charge is -2.09. The van der Waals surface area contributed by atoms with E-state index in [-0.39, 0.29) is 17.4 Å². The summed E-state index contributed by atoms with van der Waals surface area (Å²) in [6.45, 7) is 2.79. The van der Waals surface area contributed by atoms with Crippen molar-refractivity contribution in [1.82, 2.24) is 9.71 Å². The molecule has 150 valence electrons. The number of nitrogens with zero attached hydrogens (tertiary/aromatic N) is 1. The lowest BCUT2D eigenvalue weighted by Crippen LogP contribution is -2.13. The van der Waals surface area contributed by atoms with Gasteiger partial charge in [0.15, 0.2) is 11.6 Å². The zero-order valence-corrected chi connectivity index (χ0v) is 16.2. The number of hydrogen-bond acceptors (Lipinski definition) is 6. The number of ether oxygens (including phenoxy) is 1. The van der Waals surface area contributed by atoms with Crippen molar-refractivity contribution in [3.63, 3.8) is 0 Å². The van der Waals surface area contributed by atoms with Crippen LogP contribution in [0.4, 0.5) is 20.3 Å². The van der Waals surface area contributed by atoms with Crippen LogP contribution in [0.2, 0.25) is 0 Å². The summed E-state index contributed by atoms with van der Waals surface area (Å²) in [6.07, 6.45) is 1.34. The summed E-state index contributed by atoms with van der Waals surface area (Å²) in [5.41, 5.74) is 1.24. The molecule has 2 aromatic carbocycles. The molecule has 3 rings (SSSR count). The first kappa shape index (κ1) is 20.6. The molecule has 0 saturated carbocycles. The number of rotatable bonds is 8. The van der Waals surface area contributed by atoms with Crippen LogP contribution in [0.5, 0.6) is 11.5 Å². The van der Waals surface area contributed by atoms with Gasteiger partial charge in [-0.05, 0) is 42.5 Å². The highest BCUT2D eigenvalue weighted by molar-refractivity contribution is 7.98. The molecule has 1 amide bonds. The number of hydrogen-bond donors (Lipinski definition) is 3. The highest BCUT2D eigenvalue weighted by atomic mass is 32.2. The van der Waals surface area contributed by atoms with E-state index in [1.165, 1.54) is 36.5 Å². The van der Waals surface area contributed by atoms with E-state index in [4.69, 9.17) is 4.74 Å². The summed E-state index contributed by atoms with van der Waals surface area (Å²) in [7, 11) is 0. The number of halogens is 2. The molecule has 0 aliphatic rings. The first-order chi connectivity index (χ1) is 14.0. The lowest BCUT2D eigenvalue weighted by atomic mass is 10.2. The van der Waals surface area contributed by atoms with Crippen LogP contribution in [0.1, 0.15) is 17.3 Å². The van der Waals surface area contributed by atoms with Crippen molar-refractivity contribution in [2.45, 2.75) is 6.92 Å². The molecule has 6 nitrogen and oxygen atoms in total. The number of nitrogens with one attached hydrogen (secondary N) is 3. The number of pyridine rings is 1. The fraction of sp³-hybridized carbons (Fsp3) is 0.100. The van der Waals surface area contributed by atoms with E-state index in [0.29, 0.717) is 11.4 Å². The van der Waals surface area contributed by atoms with E-state index < -0.39 is 11.6 Å². The van der Waals surface area contributed by atoms with Gasteiger partial charge in [0.1, 0.15) is 17.4 Å². The van der Waals surface area contributed by atoms with Crippen molar-refractivity contribution in [1.29, 1.82) is 0 Å². The standard InChI is InChI=1S/C20H18F2N4O2S/c1-2-24-29-26-15-5-3-4-13(10-15)20(27)25-19-9-7-16(12-23-19)28-18-8-6-14(21)11-17(18)22/h3-12,24,26H,2H2,1H3,(H,23,25,27). The second-order valence-corrected chi connectivity index (χ2v) is 6.49. The van der Waals surface area contributed by atoms with E-state index in [0.717, 1.165) is 24.4 Å². The average molecular weight is 416 g/mol. The van der Waals surface area contributed by atoms with Gasteiger partial charge in [-0.15, -0.1) is 0 Å². The smallest absolute Gasteiger partial charge is 0.256 e. The Morgan fingerprint density at radius 2 is 2.00 bits per heavy atom. The summed E-state index contributed by atoms with van der Waals surface area (Å²) in [5.74, 6) is -1.39. The number of anilines is 2. The molecule has 0 bridgehead atoms. The number of aromatic nitrogens is 1. The van der Waals surface area contributed by atoms with Gasteiger partial charge >= 0.3 is 0 Å². The zero-order valence-electron chi connectivity index (χ0n) is 15.4. The number of amides is 1. The van der Waals surface area contributed by atoms with Gasteiger partial charge in [-0.3, -0.25) is 4.79 Å². The maximum absolute atomic E-state index is 13.7. The molecule has 0 fully saturated rings. The maximum atomic E-state index is 13.7. The van der Waals surface area contributed by atoms with Crippen molar-refractivity contribution in [2.75, 3.05) is 16.6 Å². The molecular formula is C20H18F2N4O2S. The van der Waals surface area contributed by atoms with Gasteiger partial charge < -0.3 is 14.8 Å². The van der Waals surface area contributed by atoms with Gasteiger partial charge in [0, 0.05) is 36.0 Å². The van der Waals surface area contributed by atoms with Crippen LogP contribution in [0, 0.1) is 11.6 Å². The van der Waals surface area contributed by atoms with E-state index in [9.17, 15) is 13.6 Å². The van der Waals surface area contributed by atoms with Gasteiger partial charge in [0.25, 0.3) is 5.91 Å². The predicted octanol–water partition coefficient (Wildman–Crippen LogP) is 4.99. The normalized spacial score (nSPS) is 10.4. The second kappa shape index (κ2) is 9.85.